The molecule has 1 aromatic rings. The van der Waals surface area contributed by atoms with Crippen molar-refractivity contribution in [2.24, 2.45) is 5.92 Å². The van der Waals surface area contributed by atoms with Crippen molar-refractivity contribution in [3.05, 3.63) is 22.4 Å². The molecule has 3 nitrogen and oxygen atoms in total. The summed E-state index contributed by atoms with van der Waals surface area (Å²) in [5, 5.41) is 7.40. The van der Waals surface area contributed by atoms with Gasteiger partial charge in [-0.15, -0.1) is 0 Å². The minimum Gasteiger partial charge on any atom is -0.355 e. The fraction of sp³-hybridized carbons (Fsp3) is 0.643. The average molecular weight is 264 g/mol. The number of hydrogen-bond donors (Lipinski definition) is 1. The molecule has 98 valence electrons. The van der Waals surface area contributed by atoms with E-state index in [9.17, 15) is 4.79 Å². The second kappa shape index (κ2) is 5.41. The molecule has 3 rings (SSSR count). The Morgan fingerprint density at radius 3 is 3.06 bits per heavy atom. The minimum atomic E-state index is 0.198. The molecule has 4 heteroatoms. The molecule has 1 aliphatic heterocycles. The van der Waals surface area contributed by atoms with Gasteiger partial charge in [-0.05, 0) is 60.5 Å². The summed E-state index contributed by atoms with van der Waals surface area (Å²) in [4.78, 5) is 14.2. The van der Waals surface area contributed by atoms with Crippen molar-refractivity contribution < 1.29 is 4.79 Å². The van der Waals surface area contributed by atoms with Crippen molar-refractivity contribution in [2.45, 2.75) is 31.7 Å². The molecular formula is C14H20N2OS. The van der Waals surface area contributed by atoms with Crippen LogP contribution < -0.4 is 5.32 Å². The number of carbonyl (C=O) groups excluding carboxylic acids is 1. The molecule has 2 aliphatic rings. The Morgan fingerprint density at radius 1 is 1.44 bits per heavy atom. The molecule has 2 heterocycles. The third-order valence-corrected chi connectivity index (χ3v) is 4.62. The van der Waals surface area contributed by atoms with E-state index < -0.39 is 0 Å². The van der Waals surface area contributed by atoms with E-state index in [2.05, 4.69) is 27.0 Å². The molecule has 2 fully saturated rings. The number of carbonyl (C=O) groups is 1. The molecule has 0 radical (unpaired) electrons. The number of likely N-dealkylation sites (tertiary alicyclic amines) is 1. The Kier molecular flexibility index (Phi) is 3.66. The predicted octanol–water partition coefficient (Wildman–Crippen LogP) is 2.41. The molecule has 0 spiro atoms. The molecule has 1 saturated heterocycles. The number of amides is 1. The van der Waals surface area contributed by atoms with E-state index >= 15 is 0 Å². The lowest BCUT2D eigenvalue weighted by Crippen LogP contribution is -2.37. The van der Waals surface area contributed by atoms with Gasteiger partial charge in [0.2, 0.25) is 5.91 Å². The molecule has 0 aromatic carbocycles. The van der Waals surface area contributed by atoms with Crippen LogP contribution in [0.25, 0.3) is 0 Å². The van der Waals surface area contributed by atoms with E-state index in [1.165, 1.54) is 31.2 Å². The fourth-order valence-corrected chi connectivity index (χ4v) is 3.39. The maximum atomic E-state index is 11.9. The fourth-order valence-electron chi connectivity index (χ4n) is 2.68. The van der Waals surface area contributed by atoms with Crippen LogP contribution in [0, 0.1) is 5.92 Å². The lowest BCUT2D eigenvalue weighted by Gasteiger charge is -2.23. The monoisotopic (exact) mass is 264 g/mol. The summed E-state index contributed by atoms with van der Waals surface area (Å²) in [6.07, 6.45) is 4.98. The number of hydrogen-bond acceptors (Lipinski definition) is 3. The van der Waals surface area contributed by atoms with Crippen molar-refractivity contribution in [3.63, 3.8) is 0 Å². The van der Waals surface area contributed by atoms with E-state index in [0.717, 1.165) is 19.0 Å². The van der Waals surface area contributed by atoms with Gasteiger partial charge < -0.3 is 5.32 Å². The summed E-state index contributed by atoms with van der Waals surface area (Å²) in [6, 6.07) is 2.65. The standard InChI is InChI=1S/C14H20N2OS/c17-14(15-8-11-3-4-11)9-16-6-1-2-13(16)12-5-7-18-10-12/h5,7,10-11,13H,1-4,6,8-9H2,(H,15,17)/t13-/m0/s1. The molecule has 1 aliphatic carbocycles. The van der Waals surface area contributed by atoms with Gasteiger partial charge in [0.05, 0.1) is 6.54 Å². The van der Waals surface area contributed by atoms with Crippen LogP contribution in [0.4, 0.5) is 0 Å². The molecule has 1 atom stereocenters. The zero-order valence-corrected chi connectivity index (χ0v) is 11.4. The van der Waals surface area contributed by atoms with Gasteiger partial charge in [0.1, 0.15) is 0 Å². The normalized spacial score (nSPS) is 24.3. The van der Waals surface area contributed by atoms with Crippen LogP contribution in [0.1, 0.15) is 37.3 Å². The molecule has 18 heavy (non-hydrogen) atoms. The van der Waals surface area contributed by atoms with E-state index in [1.54, 1.807) is 11.3 Å². The summed E-state index contributed by atoms with van der Waals surface area (Å²) in [5.74, 6) is 0.962. The van der Waals surface area contributed by atoms with Crippen molar-refractivity contribution >= 4 is 17.2 Å². The van der Waals surface area contributed by atoms with Crippen LogP contribution >= 0.6 is 11.3 Å². The second-order valence-corrected chi connectivity index (χ2v) is 6.21. The third kappa shape index (κ3) is 2.93. The Bertz CT molecular complexity index is 400. The summed E-state index contributed by atoms with van der Waals surface area (Å²) >= 11 is 1.74. The lowest BCUT2D eigenvalue weighted by molar-refractivity contribution is -0.122. The van der Waals surface area contributed by atoms with Crippen LogP contribution in [-0.4, -0.2) is 30.4 Å². The molecule has 1 aromatic heterocycles. The van der Waals surface area contributed by atoms with E-state index in [0.29, 0.717) is 12.6 Å². The van der Waals surface area contributed by atoms with Gasteiger partial charge in [-0.2, -0.15) is 11.3 Å². The summed E-state index contributed by atoms with van der Waals surface area (Å²) in [5.41, 5.74) is 1.38. The smallest absolute Gasteiger partial charge is 0.234 e. The highest BCUT2D eigenvalue weighted by Gasteiger charge is 2.28. The van der Waals surface area contributed by atoms with Gasteiger partial charge >= 0.3 is 0 Å². The summed E-state index contributed by atoms with van der Waals surface area (Å²) in [7, 11) is 0. The van der Waals surface area contributed by atoms with Crippen LogP contribution in [0.15, 0.2) is 16.8 Å². The van der Waals surface area contributed by atoms with Crippen molar-refractivity contribution in [1.82, 2.24) is 10.2 Å². The van der Waals surface area contributed by atoms with Crippen LogP contribution in [-0.2, 0) is 4.79 Å². The van der Waals surface area contributed by atoms with E-state index in [4.69, 9.17) is 0 Å². The molecule has 1 saturated carbocycles. The van der Waals surface area contributed by atoms with Gasteiger partial charge in [-0.25, -0.2) is 0 Å². The molecular weight excluding hydrogens is 244 g/mol. The molecule has 1 N–H and O–H groups in total. The largest absolute Gasteiger partial charge is 0.355 e. The van der Waals surface area contributed by atoms with Crippen molar-refractivity contribution in [3.8, 4) is 0 Å². The average Bonchev–Trinajstić information content (AvgIpc) is 2.85. The van der Waals surface area contributed by atoms with Gasteiger partial charge in [-0.3, -0.25) is 9.69 Å². The van der Waals surface area contributed by atoms with Gasteiger partial charge in [-0.1, -0.05) is 0 Å². The van der Waals surface area contributed by atoms with Gasteiger partial charge in [0.15, 0.2) is 0 Å². The molecule has 0 bridgehead atoms. The zero-order chi connectivity index (χ0) is 12.4. The first kappa shape index (κ1) is 12.2. The number of rotatable bonds is 5. The maximum absolute atomic E-state index is 11.9. The highest BCUT2D eigenvalue weighted by Crippen LogP contribution is 2.32. The van der Waals surface area contributed by atoms with Gasteiger partial charge in [0, 0.05) is 12.6 Å². The first-order valence-electron chi connectivity index (χ1n) is 6.86. The van der Waals surface area contributed by atoms with Crippen LogP contribution in [0.5, 0.6) is 0 Å². The Labute approximate surface area is 112 Å². The Morgan fingerprint density at radius 2 is 2.33 bits per heavy atom. The first-order chi connectivity index (χ1) is 8.83. The number of nitrogens with zero attached hydrogens (tertiary/aromatic N) is 1. The third-order valence-electron chi connectivity index (χ3n) is 3.92. The summed E-state index contributed by atoms with van der Waals surface area (Å²) in [6.45, 7) is 2.50. The minimum absolute atomic E-state index is 0.198. The highest BCUT2D eigenvalue weighted by molar-refractivity contribution is 7.07. The Hall–Kier alpha value is -0.870. The van der Waals surface area contributed by atoms with Crippen LogP contribution in [0.3, 0.4) is 0 Å². The zero-order valence-electron chi connectivity index (χ0n) is 10.6. The van der Waals surface area contributed by atoms with E-state index in [-0.39, 0.29) is 5.91 Å². The van der Waals surface area contributed by atoms with Crippen molar-refractivity contribution in [1.29, 1.82) is 0 Å². The Balaban J connectivity index is 1.52. The quantitative estimate of drug-likeness (QED) is 0.886. The maximum Gasteiger partial charge on any atom is 0.234 e. The SMILES string of the molecule is O=C(CN1CCC[C@H]1c1ccsc1)NCC1CC1. The summed E-state index contributed by atoms with van der Waals surface area (Å²) < 4.78 is 0. The van der Waals surface area contributed by atoms with Crippen molar-refractivity contribution in [2.75, 3.05) is 19.6 Å². The number of thiophene rings is 1. The lowest BCUT2D eigenvalue weighted by atomic mass is 10.1. The van der Waals surface area contributed by atoms with E-state index in [1.807, 2.05) is 0 Å². The molecule has 1 amide bonds. The highest BCUT2D eigenvalue weighted by atomic mass is 32.1. The first-order valence-corrected chi connectivity index (χ1v) is 7.80. The number of nitrogens with one attached hydrogen (secondary N) is 1. The van der Waals surface area contributed by atoms with Gasteiger partial charge in [0.25, 0.3) is 0 Å². The second-order valence-electron chi connectivity index (χ2n) is 5.43. The topological polar surface area (TPSA) is 32.3 Å². The predicted molar refractivity (Wildman–Crippen MR) is 73.6 cm³/mol. The van der Waals surface area contributed by atoms with Crippen LogP contribution in [0.2, 0.25) is 0 Å². The molecule has 0 unspecified atom stereocenters.